The first-order chi connectivity index (χ1) is 8.32. The Balaban J connectivity index is 3.16. The van der Waals surface area contributed by atoms with Crippen molar-refractivity contribution in [1.82, 2.24) is 0 Å². The highest BCUT2D eigenvalue weighted by Gasteiger charge is 2.20. The van der Waals surface area contributed by atoms with Crippen molar-refractivity contribution in [2.24, 2.45) is 0 Å². The summed E-state index contributed by atoms with van der Waals surface area (Å²) in [6.45, 7) is 1.22. The number of rotatable bonds is 5. The van der Waals surface area contributed by atoms with Crippen LogP contribution in [0.5, 0.6) is 5.75 Å². The molecule has 1 atom stereocenters. The largest absolute Gasteiger partial charge is 0.479 e. The number of non-ortho nitro benzene ring substituents is 1. The van der Waals surface area contributed by atoms with E-state index < -0.39 is 34.2 Å². The molecule has 1 aromatic carbocycles. The molecule has 18 heavy (non-hydrogen) atoms. The Morgan fingerprint density at radius 2 is 2.00 bits per heavy atom. The van der Waals surface area contributed by atoms with Gasteiger partial charge in [-0.1, -0.05) is 0 Å². The lowest BCUT2D eigenvalue weighted by molar-refractivity contribution is -0.384. The number of ether oxygens (including phenoxy) is 1. The minimum absolute atomic E-state index is 0.233. The Bertz CT molecular complexity index is 511. The van der Waals surface area contributed by atoms with Crippen molar-refractivity contribution in [3.63, 3.8) is 0 Å². The molecule has 1 unspecified atom stereocenters. The quantitative estimate of drug-likeness (QED) is 0.596. The lowest BCUT2D eigenvalue weighted by Crippen LogP contribution is -2.23. The number of hydrogen-bond acceptors (Lipinski definition) is 5. The molecule has 96 valence electrons. The minimum atomic E-state index is -1.44. The number of aromatic carboxylic acids is 1. The van der Waals surface area contributed by atoms with Gasteiger partial charge in [0.1, 0.15) is 11.3 Å². The molecule has 0 radical (unpaired) electrons. The zero-order chi connectivity index (χ0) is 13.9. The fourth-order valence-corrected chi connectivity index (χ4v) is 1.14. The van der Waals surface area contributed by atoms with Gasteiger partial charge in [0.25, 0.3) is 5.69 Å². The van der Waals surface area contributed by atoms with Gasteiger partial charge in [0.2, 0.25) is 0 Å². The van der Waals surface area contributed by atoms with Gasteiger partial charge in [0.15, 0.2) is 6.10 Å². The number of carboxylic acids is 2. The Morgan fingerprint density at radius 3 is 2.44 bits per heavy atom. The van der Waals surface area contributed by atoms with E-state index in [2.05, 4.69) is 0 Å². The number of benzene rings is 1. The highest BCUT2D eigenvalue weighted by Crippen LogP contribution is 2.25. The third-order valence-corrected chi connectivity index (χ3v) is 2.06. The predicted octanol–water partition coefficient (Wildman–Crippen LogP) is 1.14. The van der Waals surface area contributed by atoms with Crippen LogP contribution in [0.1, 0.15) is 17.3 Å². The summed E-state index contributed by atoms with van der Waals surface area (Å²) in [6, 6.07) is 2.91. The van der Waals surface area contributed by atoms with Gasteiger partial charge < -0.3 is 14.9 Å². The smallest absolute Gasteiger partial charge is 0.344 e. The molecular weight excluding hydrogens is 246 g/mol. The number of aliphatic carboxylic acids is 1. The maximum absolute atomic E-state index is 10.9. The summed E-state index contributed by atoms with van der Waals surface area (Å²) in [5, 5.41) is 28.0. The van der Waals surface area contributed by atoms with Crippen molar-refractivity contribution in [2.45, 2.75) is 13.0 Å². The van der Waals surface area contributed by atoms with Crippen LogP contribution in [0.15, 0.2) is 18.2 Å². The molecule has 0 aromatic heterocycles. The monoisotopic (exact) mass is 255 g/mol. The Morgan fingerprint density at radius 1 is 1.39 bits per heavy atom. The van der Waals surface area contributed by atoms with Gasteiger partial charge >= 0.3 is 11.9 Å². The summed E-state index contributed by atoms with van der Waals surface area (Å²) in [5.41, 5.74) is -0.875. The minimum Gasteiger partial charge on any atom is -0.479 e. The molecule has 1 rings (SSSR count). The third-order valence-electron chi connectivity index (χ3n) is 2.06. The fraction of sp³-hybridized carbons (Fsp3) is 0.200. The first-order valence-corrected chi connectivity index (χ1v) is 4.74. The average molecular weight is 255 g/mol. The molecule has 1 aromatic rings. The van der Waals surface area contributed by atoms with Gasteiger partial charge in [0.05, 0.1) is 4.92 Å². The summed E-state index contributed by atoms with van der Waals surface area (Å²) in [6.07, 6.45) is -1.26. The van der Waals surface area contributed by atoms with Gasteiger partial charge in [-0.2, -0.15) is 0 Å². The lowest BCUT2D eigenvalue weighted by Gasteiger charge is -2.12. The summed E-state index contributed by atoms with van der Waals surface area (Å²) >= 11 is 0. The molecule has 0 amide bonds. The van der Waals surface area contributed by atoms with Crippen molar-refractivity contribution in [3.8, 4) is 5.75 Å². The van der Waals surface area contributed by atoms with E-state index in [-0.39, 0.29) is 5.75 Å². The molecule has 0 bridgehead atoms. The second-order valence-electron chi connectivity index (χ2n) is 3.34. The normalized spacial score (nSPS) is 11.6. The number of nitrogens with zero attached hydrogens (tertiary/aromatic N) is 1. The van der Waals surface area contributed by atoms with Crippen molar-refractivity contribution in [1.29, 1.82) is 0 Å². The number of hydrogen-bond donors (Lipinski definition) is 2. The van der Waals surface area contributed by atoms with E-state index in [1.807, 2.05) is 0 Å². The molecule has 0 aliphatic carbocycles. The van der Waals surface area contributed by atoms with Crippen LogP contribution in [0.3, 0.4) is 0 Å². The molecule has 0 fully saturated rings. The second-order valence-corrected chi connectivity index (χ2v) is 3.34. The number of carbonyl (C=O) groups is 2. The molecule has 0 spiro atoms. The Hall–Kier alpha value is -2.64. The molecule has 8 nitrogen and oxygen atoms in total. The van der Waals surface area contributed by atoms with Crippen molar-refractivity contribution >= 4 is 17.6 Å². The lowest BCUT2D eigenvalue weighted by atomic mass is 10.2. The second kappa shape index (κ2) is 5.13. The molecule has 0 saturated heterocycles. The molecule has 0 aliphatic heterocycles. The maximum atomic E-state index is 10.9. The van der Waals surface area contributed by atoms with E-state index in [1.165, 1.54) is 6.92 Å². The van der Waals surface area contributed by atoms with Crippen LogP contribution in [0.25, 0.3) is 0 Å². The highest BCUT2D eigenvalue weighted by molar-refractivity contribution is 5.92. The zero-order valence-electron chi connectivity index (χ0n) is 9.19. The summed E-state index contributed by atoms with van der Waals surface area (Å²) in [7, 11) is 0. The van der Waals surface area contributed by atoms with Crippen molar-refractivity contribution in [2.75, 3.05) is 0 Å². The van der Waals surface area contributed by atoms with Gasteiger partial charge in [-0.25, -0.2) is 9.59 Å². The molecule has 0 heterocycles. The van der Waals surface area contributed by atoms with Crippen LogP contribution >= 0.6 is 0 Å². The third kappa shape index (κ3) is 2.94. The van der Waals surface area contributed by atoms with E-state index in [0.717, 1.165) is 18.2 Å². The van der Waals surface area contributed by atoms with E-state index in [1.54, 1.807) is 0 Å². The van der Waals surface area contributed by atoms with E-state index >= 15 is 0 Å². The van der Waals surface area contributed by atoms with Gasteiger partial charge in [-0.15, -0.1) is 0 Å². The molecule has 8 heteroatoms. The van der Waals surface area contributed by atoms with Crippen LogP contribution in [0.4, 0.5) is 5.69 Å². The Kier molecular flexibility index (Phi) is 3.82. The Labute approximate surface area is 101 Å². The number of nitro groups is 1. The standard InChI is InChI=1S/C10H9NO7/c1-5(9(12)13)18-8-3-2-6(11(16)17)4-7(8)10(14)15/h2-5H,1H3,(H,12,13)(H,14,15). The predicted molar refractivity (Wildman–Crippen MR) is 57.8 cm³/mol. The SMILES string of the molecule is CC(Oc1ccc([N+](=O)[O-])cc1C(=O)O)C(=O)O. The van der Waals surface area contributed by atoms with Crippen LogP contribution in [-0.4, -0.2) is 33.2 Å². The van der Waals surface area contributed by atoms with E-state index in [4.69, 9.17) is 14.9 Å². The highest BCUT2D eigenvalue weighted by atomic mass is 16.6. The van der Waals surface area contributed by atoms with Crippen molar-refractivity contribution in [3.05, 3.63) is 33.9 Å². The summed E-state index contributed by atoms with van der Waals surface area (Å²) in [4.78, 5) is 31.2. The van der Waals surface area contributed by atoms with Gasteiger partial charge in [-0.3, -0.25) is 10.1 Å². The van der Waals surface area contributed by atoms with Crippen LogP contribution < -0.4 is 4.74 Å². The van der Waals surface area contributed by atoms with E-state index in [9.17, 15) is 19.7 Å². The first-order valence-electron chi connectivity index (χ1n) is 4.74. The van der Waals surface area contributed by atoms with Gasteiger partial charge in [0, 0.05) is 12.1 Å². The topological polar surface area (TPSA) is 127 Å². The first kappa shape index (κ1) is 13.4. The van der Waals surface area contributed by atoms with Crippen LogP contribution in [0.2, 0.25) is 0 Å². The molecular formula is C10H9NO7. The number of nitro benzene ring substituents is 1. The molecule has 0 aliphatic rings. The summed E-state index contributed by atoms with van der Waals surface area (Å²) in [5.74, 6) is -2.95. The maximum Gasteiger partial charge on any atom is 0.344 e. The number of carboxylic acid groups (broad SMARTS) is 2. The van der Waals surface area contributed by atoms with Crippen LogP contribution in [-0.2, 0) is 4.79 Å². The van der Waals surface area contributed by atoms with Gasteiger partial charge in [-0.05, 0) is 13.0 Å². The average Bonchev–Trinajstić information content (AvgIpc) is 2.28. The molecule has 0 saturated carbocycles. The van der Waals surface area contributed by atoms with E-state index in [0.29, 0.717) is 0 Å². The van der Waals surface area contributed by atoms with Crippen molar-refractivity contribution < 1.29 is 29.5 Å². The van der Waals surface area contributed by atoms with Crippen LogP contribution in [0, 0.1) is 10.1 Å². The zero-order valence-corrected chi connectivity index (χ0v) is 9.19. The molecule has 2 N–H and O–H groups in total. The fourth-order valence-electron chi connectivity index (χ4n) is 1.14. The summed E-state index contributed by atoms with van der Waals surface area (Å²) < 4.78 is 4.90.